The third kappa shape index (κ3) is 3.02. The number of aryl methyl sites for hydroxylation is 3. The van der Waals surface area contributed by atoms with Crippen molar-refractivity contribution >= 4 is 0 Å². The van der Waals surface area contributed by atoms with E-state index in [0.29, 0.717) is 0 Å². The third-order valence-corrected chi connectivity index (χ3v) is 5.07. The first-order valence-electron chi connectivity index (χ1n) is 7.99. The van der Waals surface area contributed by atoms with Crippen molar-refractivity contribution in [2.75, 3.05) is 0 Å². The molecule has 0 spiro atoms. The van der Waals surface area contributed by atoms with Crippen LogP contribution in [0.4, 0.5) is 0 Å². The van der Waals surface area contributed by atoms with E-state index in [1.165, 1.54) is 40.8 Å². The van der Waals surface area contributed by atoms with Gasteiger partial charge in [0.05, 0.1) is 0 Å². The van der Waals surface area contributed by atoms with Gasteiger partial charge in [-0.25, -0.2) is 4.57 Å². The fourth-order valence-electron chi connectivity index (χ4n) is 2.97. The van der Waals surface area contributed by atoms with Crippen LogP contribution in [0.1, 0.15) is 50.3 Å². The number of benzene rings is 1. The normalized spacial score (nSPS) is 11.7. The fourth-order valence-corrected chi connectivity index (χ4v) is 2.97. The van der Waals surface area contributed by atoms with Gasteiger partial charge in [-0.3, -0.25) is 0 Å². The van der Waals surface area contributed by atoms with E-state index in [4.69, 9.17) is 0 Å². The highest BCUT2D eigenvalue weighted by Crippen LogP contribution is 2.32. The standard InChI is InChI=1S/C20H28N/c1-7-20(5,8-2)17-11-12-21(6)19(14-17)18-10-9-15(3)13-16(18)4/h9-14H,7-8H2,1-6H3/q+1. The van der Waals surface area contributed by atoms with Crippen molar-refractivity contribution in [1.29, 1.82) is 0 Å². The Bertz CT molecular complexity index is 636. The Morgan fingerprint density at radius 3 is 2.24 bits per heavy atom. The molecule has 21 heavy (non-hydrogen) atoms. The smallest absolute Gasteiger partial charge is 0.201 e. The first-order chi connectivity index (χ1) is 9.91. The number of hydrogen-bond acceptors (Lipinski definition) is 0. The molecule has 1 heterocycles. The minimum absolute atomic E-state index is 0.265. The molecular weight excluding hydrogens is 254 g/mol. The van der Waals surface area contributed by atoms with Crippen LogP contribution in [0.2, 0.25) is 0 Å². The van der Waals surface area contributed by atoms with Gasteiger partial charge in [0.15, 0.2) is 6.20 Å². The Morgan fingerprint density at radius 1 is 1.00 bits per heavy atom. The highest BCUT2D eigenvalue weighted by atomic mass is 14.9. The maximum absolute atomic E-state index is 2.38. The maximum Gasteiger partial charge on any atom is 0.212 e. The SMILES string of the molecule is CCC(C)(CC)c1cc[n+](C)c(-c2ccc(C)cc2C)c1. The van der Waals surface area contributed by atoms with Crippen LogP contribution < -0.4 is 4.57 Å². The molecule has 0 aliphatic carbocycles. The summed E-state index contributed by atoms with van der Waals surface area (Å²) in [6.07, 6.45) is 4.54. The van der Waals surface area contributed by atoms with Crippen LogP contribution >= 0.6 is 0 Å². The second-order valence-corrected chi connectivity index (χ2v) is 6.50. The fraction of sp³-hybridized carbons (Fsp3) is 0.450. The van der Waals surface area contributed by atoms with Gasteiger partial charge in [-0.05, 0) is 49.3 Å². The van der Waals surface area contributed by atoms with Crippen molar-refractivity contribution in [2.45, 2.75) is 52.9 Å². The summed E-state index contributed by atoms with van der Waals surface area (Å²) in [5.74, 6) is 0. The summed E-state index contributed by atoms with van der Waals surface area (Å²) >= 11 is 0. The predicted molar refractivity (Wildman–Crippen MR) is 90.5 cm³/mol. The molecule has 0 aliphatic heterocycles. The molecule has 112 valence electrons. The first kappa shape index (κ1) is 15.8. The number of hydrogen-bond donors (Lipinski definition) is 0. The lowest BCUT2D eigenvalue weighted by molar-refractivity contribution is -0.660. The number of aromatic nitrogens is 1. The summed E-state index contributed by atoms with van der Waals surface area (Å²) in [7, 11) is 2.13. The van der Waals surface area contributed by atoms with Crippen LogP contribution in [-0.4, -0.2) is 0 Å². The Balaban J connectivity index is 2.59. The second-order valence-electron chi connectivity index (χ2n) is 6.50. The molecule has 1 aromatic heterocycles. The van der Waals surface area contributed by atoms with Gasteiger partial charge >= 0.3 is 0 Å². The molecule has 0 amide bonds. The lowest BCUT2D eigenvalue weighted by atomic mass is 9.78. The highest BCUT2D eigenvalue weighted by Gasteiger charge is 2.25. The molecule has 0 saturated carbocycles. The van der Waals surface area contributed by atoms with Crippen molar-refractivity contribution in [3.05, 3.63) is 53.2 Å². The van der Waals surface area contributed by atoms with Crippen LogP contribution in [0.5, 0.6) is 0 Å². The summed E-state index contributed by atoms with van der Waals surface area (Å²) in [6, 6.07) is 11.4. The Kier molecular flexibility index (Phi) is 4.51. The number of pyridine rings is 1. The number of nitrogens with zero attached hydrogens (tertiary/aromatic N) is 1. The van der Waals surface area contributed by atoms with Gasteiger partial charge in [0.25, 0.3) is 0 Å². The van der Waals surface area contributed by atoms with E-state index < -0.39 is 0 Å². The summed E-state index contributed by atoms with van der Waals surface area (Å²) in [4.78, 5) is 0. The molecule has 0 saturated heterocycles. The first-order valence-corrected chi connectivity index (χ1v) is 7.99. The van der Waals surface area contributed by atoms with Crippen LogP contribution in [-0.2, 0) is 12.5 Å². The summed E-state index contributed by atoms with van der Waals surface area (Å²) < 4.78 is 2.23. The molecule has 0 bridgehead atoms. The van der Waals surface area contributed by atoms with E-state index >= 15 is 0 Å². The molecule has 0 unspecified atom stereocenters. The Hall–Kier alpha value is -1.63. The molecule has 0 aliphatic rings. The van der Waals surface area contributed by atoms with Gasteiger partial charge < -0.3 is 0 Å². The van der Waals surface area contributed by atoms with Crippen LogP contribution in [0.25, 0.3) is 11.3 Å². The van der Waals surface area contributed by atoms with Crippen molar-refractivity contribution in [2.24, 2.45) is 7.05 Å². The molecule has 1 nitrogen and oxygen atoms in total. The molecule has 0 N–H and O–H groups in total. The van der Waals surface area contributed by atoms with Gasteiger partial charge in [0.2, 0.25) is 5.69 Å². The molecule has 0 radical (unpaired) electrons. The number of rotatable bonds is 4. The van der Waals surface area contributed by atoms with Crippen molar-refractivity contribution in [3.63, 3.8) is 0 Å². The topological polar surface area (TPSA) is 3.88 Å². The average Bonchev–Trinajstić information content (AvgIpc) is 2.47. The Morgan fingerprint density at radius 2 is 1.67 bits per heavy atom. The van der Waals surface area contributed by atoms with E-state index in [0.717, 1.165) is 0 Å². The highest BCUT2D eigenvalue weighted by molar-refractivity contribution is 5.62. The summed E-state index contributed by atoms with van der Waals surface area (Å²) in [5, 5.41) is 0. The average molecular weight is 282 g/mol. The van der Waals surface area contributed by atoms with Gasteiger partial charge in [-0.15, -0.1) is 0 Å². The summed E-state index contributed by atoms with van der Waals surface area (Å²) in [5.41, 5.74) is 7.01. The van der Waals surface area contributed by atoms with E-state index in [2.05, 4.69) is 82.8 Å². The molecule has 1 heteroatoms. The van der Waals surface area contributed by atoms with E-state index in [1.807, 2.05) is 0 Å². The summed E-state index contributed by atoms with van der Waals surface area (Å²) in [6.45, 7) is 11.3. The quantitative estimate of drug-likeness (QED) is 0.704. The second kappa shape index (κ2) is 6.01. The maximum atomic E-state index is 2.38. The van der Waals surface area contributed by atoms with Gasteiger partial charge in [0, 0.05) is 17.7 Å². The zero-order chi connectivity index (χ0) is 15.6. The van der Waals surface area contributed by atoms with Crippen molar-refractivity contribution in [1.82, 2.24) is 0 Å². The van der Waals surface area contributed by atoms with Crippen LogP contribution in [0, 0.1) is 13.8 Å². The monoisotopic (exact) mass is 282 g/mol. The molecule has 2 rings (SSSR count). The lowest BCUT2D eigenvalue weighted by Crippen LogP contribution is -2.32. The Labute approximate surface area is 129 Å². The van der Waals surface area contributed by atoms with E-state index in [9.17, 15) is 0 Å². The largest absolute Gasteiger partial charge is 0.212 e. The molecule has 2 aromatic rings. The van der Waals surface area contributed by atoms with Gasteiger partial charge in [0.1, 0.15) is 7.05 Å². The lowest BCUT2D eigenvalue weighted by Gasteiger charge is -2.27. The van der Waals surface area contributed by atoms with Crippen molar-refractivity contribution in [3.8, 4) is 11.3 Å². The van der Waals surface area contributed by atoms with Crippen LogP contribution in [0.15, 0.2) is 36.5 Å². The zero-order valence-corrected chi connectivity index (χ0v) is 14.3. The molecule has 0 fully saturated rings. The van der Waals surface area contributed by atoms with E-state index in [-0.39, 0.29) is 5.41 Å². The van der Waals surface area contributed by atoms with Gasteiger partial charge in [-0.2, -0.15) is 0 Å². The minimum atomic E-state index is 0.265. The molecular formula is C20H28N+. The van der Waals surface area contributed by atoms with E-state index in [1.54, 1.807) is 0 Å². The predicted octanol–water partition coefficient (Wildman–Crippen LogP) is 4.87. The minimum Gasteiger partial charge on any atom is -0.201 e. The zero-order valence-electron chi connectivity index (χ0n) is 14.3. The molecule has 0 atom stereocenters. The molecule has 1 aromatic carbocycles. The van der Waals surface area contributed by atoms with Crippen molar-refractivity contribution < 1.29 is 4.57 Å². The van der Waals surface area contributed by atoms with Gasteiger partial charge in [-0.1, -0.05) is 38.5 Å². The third-order valence-electron chi connectivity index (χ3n) is 5.07. The van der Waals surface area contributed by atoms with Crippen LogP contribution in [0.3, 0.4) is 0 Å².